The third-order valence-corrected chi connectivity index (χ3v) is 2.45. The van der Waals surface area contributed by atoms with Crippen molar-refractivity contribution >= 4 is 11.6 Å². The Labute approximate surface area is 103 Å². The number of halogens is 3. The fourth-order valence-electron chi connectivity index (χ4n) is 1.25. The molecule has 3 nitrogen and oxygen atoms in total. The maximum atomic E-state index is 12.4. The van der Waals surface area contributed by atoms with Crippen molar-refractivity contribution in [2.24, 2.45) is 0 Å². The van der Waals surface area contributed by atoms with Crippen molar-refractivity contribution < 1.29 is 23.1 Å². The van der Waals surface area contributed by atoms with E-state index in [9.17, 15) is 18.0 Å². The first kappa shape index (κ1) is 14.5. The quantitative estimate of drug-likeness (QED) is 0.878. The highest BCUT2D eigenvalue weighted by Gasteiger charge is 2.50. The number of alkyl halides is 3. The second-order valence-electron chi connectivity index (χ2n) is 4.36. The van der Waals surface area contributed by atoms with Gasteiger partial charge in [-0.15, -0.1) is 0 Å². The van der Waals surface area contributed by atoms with Gasteiger partial charge in [0.05, 0.1) is 6.42 Å². The summed E-state index contributed by atoms with van der Waals surface area (Å²) in [5.74, 6) is -0.888. The summed E-state index contributed by atoms with van der Waals surface area (Å²) >= 11 is 0. The largest absolute Gasteiger partial charge is 0.417 e. The molecular weight excluding hydrogens is 247 g/mol. The van der Waals surface area contributed by atoms with Crippen LogP contribution in [0.1, 0.15) is 18.9 Å². The van der Waals surface area contributed by atoms with Crippen molar-refractivity contribution in [2.45, 2.75) is 32.0 Å². The fourth-order valence-corrected chi connectivity index (χ4v) is 1.25. The zero-order chi connectivity index (χ0) is 14.0. The lowest BCUT2D eigenvalue weighted by Crippen LogP contribution is -2.44. The normalized spacial score (nSPS) is 15.0. The number of amides is 1. The van der Waals surface area contributed by atoms with Gasteiger partial charge in [0.2, 0.25) is 5.91 Å². The van der Waals surface area contributed by atoms with E-state index in [2.05, 4.69) is 5.32 Å². The van der Waals surface area contributed by atoms with Gasteiger partial charge in [-0.3, -0.25) is 4.79 Å². The van der Waals surface area contributed by atoms with Gasteiger partial charge in [-0.05, 0) is 26.0 Å². The fraction of sp³-hybridized carbons (Fsp3) is 0.417. The summed E-state index contributed by atoms with van der Waals surface area (Å²) in [6.07, 6.45) is -5.87. The van der Waals surface area contributed by atoms with Crippen LogP contribution in [-0.4, -0.2) is 22.8 Å². The SMILES string of the molecule is Cc1ccc(NC(=O)C[C@@](C)(O)C(F)(F)F)cc1. The number of hydrogen-bond donors (Lipinski definition) is 2. The summed E-state index contributed by atoms with van der Waals surface area (Å²) < 4.78 is 37.1. The Morgan fingerprint density at radius 3 is 2.22 bits per heavy atom. The van der Waals surface area contributed by atoms with E-state index in [1.54, 1.807) is 24.3 Å². The number of carbonyl (C=O) groups is 1. The third kappa shape index (κ3) is 3.73. The number of aryl methyl sites for hydroxylation is 1. The molecule has 0 bridgehead atoms. The molecule has 6 heteroatoms. The van der Waals surface area contributed by atoms with E-state index < -0.39 is 24.1 Å². The number of rotatable bonds is 3. The number of hydrogen-bond acceptors (Lipinski definition) is 2. The predicted molar refractivity (Wildman–Crippen MR) is 61.1 cm³/mol. The first-order valence-corrected chi connectivity index (χ1v) is 5.27. The van der Waals surface area contributed by atoms with Crippen molar-refractivity contribution in [3.05, 3.63) is 29.8 Å². The molecule has 2 N–H and O–H groups in total. The molecule has 0 heterocycles. The summed E-state index contributed by atoms with van der Waals surface area (Å²) in [5, 5.41) is 11.5. The summed E-state index contributed by atoms with van der Waals surface area (Å²) in [6.45, 7) is 2.42. The van der Waals surface area contributed by atoms with Crippen LogP contribution in [0.25, 0.3) is 0 Å². The lowest BCUT2D eigenvalue weighted by Gasteiger charge is -2.25. The molecule has 0 aliphatic rings. The highest BCUT2D eigenvalue weighted by Crippen LogP contribution is 2.32. The van der Waals surface area contributed by atoms with E-state index in [0.29, 0.717) is 12.6 Å². The molecule has 18 heavy (non-hydrogen) atoms. The van der Waals surface area contributed by atoms with E-state index in [0.717, 1.165) is 5.56 Å². The molecule has 0 saturated carbocycles. The highest BCUT2D eigenvalue weighted by atomic mass is 19.4. The standard InChI is InChI=1S/C12H14F3NO2/c1-8-3-5-9(6-4-8)16-10(17)7-11(2,18)12(13,14)15/h3-6,18H,7H2,1-2H3,(H,16,17)/t11-/m1/s1. The number of nitrogens with one attached hydrogen (secondary N) is 1. The number of carbonyl (C=O) groups excluding carboxylic acids is 1. The van der Waals surface area contributed by atoms with E-state index >= 15 is 0 Å². The van der Waals surface area contributed by atoms with Gasteiger partial charge in [-0.1, -0.05) is 17.7 Å². The number of benzene rings is 1. The second kappa shape index (κ2) is 4.97. The molecule has 1 aromatic rings. The Hall–Kier alpha value is -1.56. The van der Waals surface area contributed by atoms with Crippen LogP contribution in [0.15, 0.2) is 24.3 Å². The van der Waals surface area contributed by atoms with Gasteiger partial charge in [0.25, 0.3) is 0 Å². The maximum absolute atomic E-state index is 12.4. The molecule has 0 fully saturated rings. The first-order chi connectivity index (χ1) is 8.12. The minimum Gasteiger partial charge on any atom is -0.380 e. The van der Waals surface area contributed by atoms with Crippen LogP contribution in [0.5, 0.6) is 0 Å². The Balaban J connectivity index is 2.65. The van der Waals surface area contributed by atoms with Gasteiger partial charge >= 0.3 is 6.18 Å². The smallest absolute Gasteiger partial charge is 0.380 e. The average molecular weight is 261 g/mol. The van der Waals surface area contributed by atoms with Crippen LogP contribution < -0.4 is 5.32 Å². The third-order valence-electron chi connectivity index (χ3n) is 2.45. The van der Waals surface area contributed by atoms with Crippen molar-refractivity contribution in [1.82, 2.24) is 0 Å². The van der Waals surface area contributed by atoms with Gasteiger partial charge in [0.15, 0.2) is 5.60 Å². The molecule has 0 aliphatic carbocycles. The number of anilines is 1. The lowest BCUT2D eigenvalue weighted by atomic mass is 10.0. The molecule has 0 spiro atoms. The van der Waals surface area contributed by atoms with Gasteiger partial charge in [-0.25, -0.2) is 0 Å². The topological polar surface area (TPSA) is 49.3 Å². The molecule has 0 aromatic heterocycles. The van der Waals surface area contributed by atoms with Crippen LogP contribution in [0.3, 0.4) is 0 Å². The second-order valence-corrected chi connectivity index (χ2v) is 4.36. The molecule has 0 unspecified atom stereocenters. The zero-order valence-corrected chi connectivity index (χ0v) is 10.0. The monoisotopic (exact) mass is 261 g/mol. The van der Waals surface area contributed by atoms with E-state index in [4.69, 9.17) is 5.11 Å². The lowest BCUT2D eigenvalue weighted by molar-refractivity contribution is -0.252. The Bertz CT molecular complexity index is 424. The Morgan fingerprint density at radius 2 is 1.78 bits per heavy atom. The van der Waals surface area contributed by atoms with Crippen molar-refractivity contribution in [3.8, 4) is 0 Å². The first-order valence-electron chi connectivity index (χ1n) is 5.27. The van der Waals surface area contributed by atoms with Crippen molar-refractivity contribution in [1.29, 1.82) is 0 Å². The van der Waals surface area contributed by atoms with E-state index in [1.165, 1.54) is 0 Å². The van der Waals surface area contributed by atoms with Crippen LogP contribution in [-0.2, 0) is 4.79 Å². The molecule has 0 aliphatic heterocycles. The summed E-state index contributed by atoms with van der Waals surface area (Å²) in [6, 6.07) is 6.60. The molecule has 1 amide bonds. The van der Waals surface area contributed by atoms with Crippen molar-refractivity contribution in [3.63, 3.8) is 0 Å². The molecular formula is C12H14F3NO2. The van der Waals surface area contributed by atoms with Crippen LogP contribution in [0.4, 0.5) is 18.9 Å². The minimum absolute atomic E-state index is 0.392. The molecule has 0 radical (unpaired) electrons. The zero-order valence-electron chi connectivity index (χ0n) is 10.0. The average Bonchev–Trinajstić information content (AvgIpc) is 2.19. The van der Waals surface area contributed by atoms with Gasteiger partial charge in [0, 0.05) is 5.69 Å². The number of aliphatic hydroxyl groups is 1. The van der Waals surface area contributed by atoms with Gasteiger partial charge in [0.1, 0.15) is 0 Å². The Kier molecular flexibility index (Phi) is 4.01. The van der Waals surface area contributed by atoms with Crippen molar-refractivity contribution in [2.75, 3.05) is 5.32 Å². The molecule has 0 saturated heterocycles. The van der Waals surface area contributed by atoms with Gasteiger partial charge < -0.3 is 10.4 Å². The Morgan fingerprint density at radius 1 is 1.28 bits per heavy atom. The predicted octanol–water partition coefficient (Wildman–Crippen LogP) is 2.64. The van der Waals surface area contributed by atoms with Crippen LogP contribution in [0.2, 0.25) is 0 Å². The molecule has 1 rings (SSSR count). The van der Waals surface area contributed by atoms with E-state index in [-0.39, 0.29) is 0 Å². The maximum Gasteiger partial charge on any atom is 0.417 e. The van der Waals surface area contributed by atoms with Crippen LogP contribution in [0, 0.1) is 6.92 Å². The molecule has 1 atom stereocenters. The van der Waals surface area contributed by atoms with E-state index in [1.807, 2.05) is 6.92 Å². The summed E-state index contributed by atoms with van der Waals surface area (Å²) in [4.78, 5) is 11.4. The minimum atomic E-state index is -4.84. The van der Waals surface area contributed by atoms with Gasteiger partial charge in [-0.2, -0.15) is 13.2 Å². The summed E-state index contributed by atoms with van der Waals surface area (Å²) in [5.41, 5.74) is -1.67. The highest BCUT2D eigenvalue weighted by molar-refractivity contribution is 5.91. The van der Waals surface area contributed by atoms with Crippen LogP contribution >= 0.6 is 0 Å². The molecule has 1 aromatic carbocycles. The summed E-state index contributed by atoms with van der Waals surface area (Å²) in [7, 11) is 0. The molecule has 100 valence electrons.